The van der Waals surface area contributed by atoms with E-state index < -0.39 is 35.9 Å². The lowest BCUT2D eigenvalue weighted by molar-refractivity contribution is -0.137. The summed E-state index contributed by atoms with van der Waals surface area (Å²) >= 11 is 0. The number of carboxylic acid groups (broad SMARTS) is 1. The predicted octanol–water partition coefficient (Wildman–Crippen LogP) is -0.962. The van der Waals surface area contributed by atoms with Crippen molar-refractivity contribution in [3.8, 4) is 0 Å². The maximum absolute atomic E-state index is 11.9. The number of carboxylic acids is 1. The Kier molecular flexibility index (Phi) is 8.22. The molecule has 8 heteroatoms. The molecule has 0 fully saturated rings. The maximum Gasteiger partial charge on any atom is 0.303 e. The Morgan fingerprint density at radius 1 is 1.00 bits per heavy atom. The number of Topliss-reactive ketones (excluding diaryl/α,β-unsaturated/α-hetero) is 1. The van der Waals surface area contributed by atoms with E-state index in [0.717, 1.165) is 0 Å². The van der Waals surface area contributed by atoms with Crippen LogP contribution < -0.4 is 16.0 Å². The van der Waals surface area contributed by atoms with Gasteiger partial charge < -0.3 is 21.1 Å². The molecule has 0 bridgehead atoms. The first-order valence-electron chi connectivity index (χ1n) is 6.69. The van der Waals surface area contributed by atoms with E-state index in [1.165, 1.54) is 20.9 Å². The number of amides is 2. The molecular formula is C13H23N3O5. The van der Waals surface area contributed by atoms with Crippen LogP contribution in [0.2, 0.25) is 0 Å². The molecule has 0 heterocycles. The van der Waals surface area contributed by atoms with Gasteiger partial charge >= 0.3 is 5.97 Å². The predicted molar refractivity (Wildman–Crippen MR) is 75.6 cm³/mol. The molecule has 0 aromatic rings. The molecule has 0 radical (unpaired) electrons. The topological polar surface area (TPSA) is 125 Å². The number of rotatable bonds is 9. The second-order valence-corrected chi connectivity index (χ2v) is 4.84. The van der Waals surface area contributed by atoms with Crippen LogP contribution in [0.1, 0.15) is 33.6 Å². The highest BCUT2D eigenvalue weighted by Crippen LogP contribution is 1.98. The average Bonchev–Trinajstić information content (AvgIpc) is 2.38. The summed E-state index contributed by atoms with van der Waals surface area (Å²) in [6.45, 7) is 4.40. The normalized spacial score (nSPS) is 14.7. The fourth-order valence-electron chi connectivity index (χ4n) is 1.49. The van der Waals surface area contributed by atoms with Crippen molar-refractivity contribution in [3.05, 3.63) is 0 Å². The van der Waals surface area contributed by atoms with E-state index in [0.29, 0.717) is 0 Å². The smallest absolute Gasteiger partial charge is 0.303 e. The molecule has 0 aliphatic rings. The summed E-state index contributed by atoms with van der Waals surface area (Å²) in [5.41, 5.74) is 0. The van der Waals surface area contributed by atoms with E-state index >= 15 is 0 Å². The monoisotopic (exact) mass is 301 g/mol. The lowest BCUT2D eigenvalue weighted by atomic mass is 10.1. The third-order valence-electron chi connectivity index (χ3n) is 3.03. The molecule has 4 N–H and O–H groups in total. The molecule has 0 rings (SSSR count). The van der Waals surface area contributed by atoms with Crippen LogP contribution in [0.4, 0.5) is 0 Å². The van der Waals surface area contributed by atoms with Gasteiger partial charge in [-0.2, -0.15) is 0 Å². The Balaban J connectivity index is 4.43. The number of likely N-dealkylation sites (N-methyl/N-ethyl adjacent to an activating group) is 1. The zero-order valence-electron chi connectivity index (χ0n) is 12.7. The van der Waals surface area contributed by atoms with Gasteiger partial charge in [0.15, 0.2) is 5.78 Å². The summed E-state index contributed by atoms with van der Waals surface area (Å²) in [6, 6.07) is -2.13. The molecule has 3 atom stereocenters. The number of ketones is 1. The fourth-order valence-corrected chi connectivity index (χ4v) is 1.49. The minimum absolute atomic E-state index is 0.121. The van der Waals surface area contributed by atoms with Gasteiger partial charge in [-0.25, -0.2) is 0 Å². The third-order valence-corrected chi connectivity index (χ3v) is 3.03. The summed E-state index contributed by atoms with van der Waals surface area (Å²) in [6.07, 6.45) is -0.0310. The van der Waals surface area contributed by atoms with Crippen LogP contribution in [0.5, 0.6) is 0 Å². The molecule has 0 unspecified atom stereocenters. The van der Waals surface area contributed by atoms with Crippen molar-refractivity contribution in [2.75, 3.05) is 7.05 Å². The number of carbonyl (C=O) groups excluding carboxylic acids is 3. The van der Waals surface area contributed by atoms with Gasteiger partial charge in [-0.1, -0.05) is 0 Å². The summed E-state index contributed by atoms with van der Waals surface area (Å²) in [7, 11) is 1.54. The SMILES string of the molecule is CN[C@@H](CCC(=O)O)C(=O)N[C@@H](C)C(=O)N[C@@H](C)C(C)=O. The van der Waals surface area contributed by atoms with E-state index in [4.69, 9.17) is 5.11 Å². The van der Waals surface area contributed by atoms with Gasteiger partial charge in [0.2, 0.25) is 11.8 Å². The van der Waals surface area contributed by atoms with E-state index in [1.807, 2.05) is 0 Å². The number of carbonyl (C=O) groups is 4. The molecule has 0 saturated heterocycles. The molecule has 120 valence electrons. The fraction of sp³-hybridized carbons (Fsp3) is 0.692. The van der Waals surface area contributed by atoms with Crippen molar-refractivity contribution in [1.29, 1.82) is 0 Å². The lowest BCUT2D eigenvalue weighted by Gasteiger charge is -2.20. The molecule has 0 spiro atoms. The van der Waals surface area contributed by atoms with Gasteiger partial charge in [0, 0.05) is 6.42 Å². The van der Waals surface area contributed by atoms with E-state index in [2.05, 4.69) is 16.0 Å². The molecule has 0 aromatic heterocycles. The standard InChI is InChI=1S/C13H23N3O5/c1-7(9(3)17)15-12(20)8(2)16-13(21)10(14-4)5-6-11(18)19/h7-8,10,14H,5-6H2,1-4H3,(H,15,20)(H,16,21)(H,18,19)/t7-,8-,10-/m0/s1. The second-order valence-electron chi connectivity index (χ2n) is 4.84. The average molecular weight is 301 g/mol. The van der Waals surface area contributed by atoms with E-state index in [9.17, 15) is 19.2 Å². The Hall–Kier alpha value is -1.96. The van der Waals surface area contributed by atoms with E-state index in [1.54, 1.807) is 6.92 Å². The first kappa shape index (κ1) is 19.0. The Labute approximate surface area is 123 Å². The Bertz CT molecular complexity index is 411. The van der Waals surface area contributed by atoms with Crippen LogP contribution in [-0.4, -0.2) is 53.8 Å². The van der Waals surface area contributed by atoms with Crippen LogP contribution in [-0.2, 0) is 19.2 Å². The van der Waals surface area contributed by atoms with Crippen LogP contribution >= 0.6 is 0 Å². The first-order chi connectivity index (χ1) is 9.68. The van der Waals surface area contributed by atoms with Crippen molar-refractivity contribution in [2.45, 2.75) is 51.7 Å². The minimum Gasteiger partial charge on any atom is -0.481 e. The van der Waals surface area contributed by atoms with Gasteiger partial charge in [-0.15, -0.1) is 0 Å². The van der Waals surface area contributed by atoms with Crippen LogP contribution in [0.15, 0.2) is 0 Å². The summed E-state index contributed by atoms with van der Waals surface area (Å²) in [4.78, 5) is 45.2. The summed E-state index contributed by atoms with van der Waals surface area (Å²) < 4.78 is 0. The first-order valence-corrected chi connectivity index (χ1v) is 6.69. The van der Waals surface area contributed by atoms with Crippen molar-refractivity contribution < 1.29 is 24.3 Å². The van der Waals surface area contributed by atoms with Crippen molar-refractivity contribution >= 4 is 23.6 Å². The molecule has 0 saturated carbocycles. The second kappa shape index (κ2) is 9.06. The van der Waals surface area contributed by atoms with Gasteiger partial charge in [0.25, 0.3) is 0 Å². The Morgan fingerprint density at radius 2 is 1.52 bits per heavy atom. The van der Waals surface area contributed by atoms with Crippen molar-refractivity contribution in [1.82, 2.24) is 16.0 Å². The van der Waals surface area contributed by atoms with Gasteiger partial charge in [-0.3, -0.25) is 19.2 Å². The number of hydrogen-bond donors (Lipinski definition) is 4. The minimum atomic E-state index is -0.996. The lowest BCUT2D eigenvalue weighted by Crippen LogP contribution is -2.53. The maximum atomic E-state index is 11.9. The highest BCUT2D eigenvalue weighted by Gasteiger charge is 2.23. The molecule has 0 aromatic carbocycles. The van der Waals surface area contributed by atoms with Gasteiger partial charge in [0.1, 0.15) is 6.04 Å². The zero-order valence-corrected chi connectivity index (χ0v) is 12.7. The van der Waals surface area contributed by atoms with Crippen LogP contribution in [0.25, 0.3) is 0 Å². The highest BCUT2D eigenvalue weighted by atomic mass is 16.4. The quantitative estimate of drug-likeness (QED) is 0.435. The van der Waals surface area contributed by atoms with Crippen molar-refractivity contribution in [2.24, 2.45) is 0 Å². The molecule has 0 aliphatic heterocycles. The van der Waals surface area contributed by atoms with Crippen LogP contribution in [0, 0.1) is 0 Å². The summed E-state index contributed by atoms with van der Waals surface area (Å²) in [5.74, 6) is -2.11. The zero-order chi connectivity index (χ0) is 16.6. The summed E-state index contributed by atoms with van der Waals surface area (Å²) in [5, 5.41) is 16.3. The molecule has 2 amide bonds. The molecular weight excluding hydrogens is 278 g/mol. The molecule has 0 aliphatic carbocycles. The van der Waals surface area contributed by atoms with Crippen LogP contribution in [0.3, 0.4) is 0 Å². The molecule has 21 heavy (non-hydrogen) atoms. The third kappa shape index (κ3) is 7.40. The van der Waals surface area contributed by atoms with Crippen molar-refractivity contribution in [3.63, 3.8) is 0 Å². The molecule has 8 nitrogen and oxygen atoms in total. The largest absolute Gasteiger partial charge is 0.481 e. The number of nitrogens with one attached hydrogen (secondary N) is 3. The Morgan fingerprint density at radius 3 is 1.95 bits per heavy atom. The number of hydrogen-bond acceptors (Lipinski definition) is 5. The van der Waals surface area contributed by atoms with Gasteiger partial charge in [-0.05, 0) is 34.2 Å². The van der Waals surface area contributed by atoms with E-state index in [-0.39, 0.29) is 18.6 Å². The highest BCUT2D eigenvalue weighted by molar-refractivity contribution is 5.92. The number of aliphatic carboxylic acids is 1. The van der Waals surface area contributed by atoms with Gasteiger partial charge in [0.05, 0.1) is 12.1 Å².